The van der Waals surface area contributed by atoms with Crippen molar-refractivity contribution in [3.05, 3.63) is 35.5 Å². The van der Waals surface area contributed by atoms with E-state index in [1.54, 1.807) is 13.2 Å². The first-order valence-corrected chi connectivity index (χ1v) is 7.10. The summed E-state index contributed by atoms with van der Waals surface area (Å²) in [6.07, 6.45) is 4.01. The largest absolute Gasteiger partial charge is 0.468 e. The van der Waals surface area contributed by atoms with E-state index in [0.717, 1.165) is 18.8 Å². The molecule has 1 atom stereocenters. The molecule has 3 heterocycles. The molecule has 0 unspecified atom stereocenters. The highest BCUT2D eigenvalue weighted by molar-refractivity contribution is 5.92. The van der Waals surface area contributed by atoms with Gasteiger partial charge in [0.05, 0.1) is 12.3 Å². The highest BCUT2D eigenvalue weighted by Gasteiger charge is 2.26. The van der Waals surface area contributed by atoms with Gasteiger partial charge in [-0.25, -0.2) is 4.63 Å². The SMILES string of the molecule is Cc1nonc1C(=O)NC[C@@H](c1ccco1)N1CCCC1. The molecule has 0 saturated carbocycles. The number of hydrogen-bond donors (Lipinski definition) is 1. The Balaban J connectivity index is 1.67. The van der Waals surface area contributed by atoms with E-state index >= 15 is 0 Å². The van der Waals surface area contributed by atoms with Crippen LogP contribution in [0, 0.1) is 6.92 Å². The Kier molecular flexibility index (Phi) is 4.01. The van der Waals surface area contributed by atoms with Crippen molar-refractivity contribution in [2.45, 2.75) is 25.8 Å². The molecule has 2 aromatic heterocycles. The zero-order chi connectivity index (χ0) is 14.7. The molecule has 1 fully saturated rings. The predicted octanol–water partition coefficient (Wildman–Crippen LogP) is 1.54. The second-order valence-electron chi connectivity index (χ2n) is 5.18. The Bertz CT molecular complexity index is 587. The summed E-state index contributed by atoms with van der Waals surface area (Å²) in [6.45, 7) is 4.20. The van der Waals surface area contributed by atoms with Crippen LogP contribution in [0.1, 0.15) is 40.8 Å². The minimum atomic E-state index is -0.274. The second kappa shape index (κ2) is 6.09. The zero-order valence-electron chi connectivity index (χ0n) is 11.9. The van der Waals surface area contributed by atoms with E-state index in [2.05, 4.69) is 25.2 Å². The lowest BCUT2D eigenvalue weighted by atomic mass is 10.2. The molecule has 1 amide bonds. The molecule has 0 bridgehead atoms. The quantitative estimate of drug-likeness (QED) is 0.899. The second-order valence-corrected chi connectivity index (χ2v) is 5.18. The van der Waals surface area contributed by atoms with Crippen LogP contribution in [0.3, 0.4) is 0 Å². The van der Waals surface area contributed by atoms with E-state index in [1.807, 2.05) is 12.1 Å². The molecule has 0 aliphatic carbocycles. The Morgan fingerprint density at radius 3 is 2.86 bits per heavy atom. The number of carbonyl (C=O) groups excluding carboxylic acids is 1. The molecule has 1 aliphatic rings. The van der Waals surface area contributed by atoms with Crippen LogP contribution in [0.2, 0.25) is 0 Å². The lowest BCUT2D eigenvalue weighted by Gasteiger charge is -2.25. The summed E-state index contributed by atoms with van der Waals surface area (Å²) in [5, 5.41) is 10.1. The van der Waals surface area contributed by atoms with E-state index in [4.69, 9.17) is 4.42 Å². The van der Waals surface area contributed by atoms with Gasteiger partial charge in [-0.3, -0.25) is 9.69 Å². The Hall–Kier alpha value is -2.15. The van der Waals surface area contributed by atoms with Crippen molar-refractivity contribution in [3.8, 4) is 0 Å². The van der Waals surface area contributed by atoms with Crippen LogP contribution in [0.4, 0.5) is 0 Å². The number of aryl methyl sites for hydroxylation is 1. The van der Waals surface area contributed by atoms with Crippen molar-refractivity contribution < 1.29 is 13.8 Å². The smallest absolute Gasteiger partial charge is 0.275 e. The van der Waals surface area contributed by atoms with E-state index < -0.39 is 0 Å². The molecule has 7 nitrogen and oxygen atoms in total. The van der Waals surface area contributed by atoms with Crippen molar-refractivity contribution in [1.29, 1.82) is 0 Å². The van der Waals surface area contributed by atoms with Gasteiger partial charge < -0.3 is 9.73 Å². The average molecular weight is 290 g/mol. The fourth-order valence-corrected chi connectivity index (χ4v) is 2.65. The lowest BCUT2D eigenvalue weighted by molar-refractivity contribution is 0.0923. The van der Waals surface area contributed by atoms with E-state index in [9.17, 15) is 4.79 Å². The Morgan fingerprint density at radius 1 is 1.43 bits per heavy atom. The van der Waals surface area contributed by atoms with E-state index in [-0.39, 0.29) is 17.6 Å². The highest BCUT2D eigenvalue weighted by Crippen LogP contribution is 2.24. The van der Waals surface area contributed by atoms with Gasteiger partial charge in [0.25, 0.3) is 5.91 Å². The molecule has 1 N–H and O–H groups in total. The van der Waals surface area contributed by atoms with Gasteiger partial charge in [-0.1, -0.05) is 5.16 Å². The normalized spacial score (nSPS) is 17.0. The number of amides is 1. The predicted molar refractivity (Wildman–Crippen MR) is 73.6 cm³/mol. The van der Waals surface area contributed by atoms with Gasteiger partial charge in [0.15, 0.2) is 5.69 Å². The summed E-state index contributed by atoms with van der Waals surface area (Å²) in [5.74, 6) is 0.594. The maximum Gasteiger partial charge on any atom is 0.275 e. The van der Waals surface area contributed by atoms with Crippen molar-refractivity contribution in [1.82, 2.24) is 20.5 Å². The minimum Gasteiger partial charge on any atom is -0.468 e. The van der Waals surface area contributed by atoms with Crippen LogP contribution in [-0.2, 0) is 0 Å². The number of carbonyl (C=O) groups is 1. The molecule has 7 heteroatoms. The number of nitrogens with one attached hydrogen (secondary N) is 1. The summed E-state index contributed by atoms with van der Waals surface area (Å²) in [5.41, 5.74) is 0.720. The monoisotopic (exact) mass is 290 g/mol. The first kappa shape index (κ1) is 13.8. The summed E-state index contributed by atoms with van der Waals surface area (Å²) in [6, 6.07) is 3.86. The molecule has 2 aromatic rings. The number of rotatable bonds is 5. The van der Waals surface area contributed by atoms with Crippen LogP contribution in [0.25, 0.3) is 0 Å². The van der Waals surface area contributed by atoms with Crippen LogP contribution in [0.5, 0.6) is 0 Å². The third-order valence-corrected chi connectivity index (χ3v) is 3.78. The summed E-state index contributed by atoms with van der Waals surface area (Å²) < 4.78 is 10.1. The first-order chi connectivity index (χ1) is 10.3. The molecular formula is C14H18N4O3. The molecule has 112 valence electrons. The van der Waals surface area contributed by atoms with Gasteiger partial charge in [-0.15, -0.1) is 0 Å². The maximum absolute atomic E-state index is 12.1. The number of nitrogens with zero attached hydrogens (tertiary/aromatic N) is 3. The molecule has 1 saturated heterocycles. The summed E-state index contributed by atoms with van der Waals surface area (Å²) in [7, 11) is 0. The lowest BCUT2D eigenvalue weighted by Crippen LogP contribution is -2.36. The number of aromatic nitrogens is 2. The zero-order valence-corrected chi connectivity index (χ0v) is 11.9. The van der Waals surface area contributed by atoms with E-state index in [1.165, 1.54) is 12.8 Å². The molecule has 0 radical (unpaired) electrons. The Labute approximate surface area is 122 Å². The fraction of sp³-hybridized carbons (Fsp3) is 0.500. The first-order valence-electron chi connectivity index (χ1n) is 7.10. The van der Waals surface area contributed by atoms with Crippen molar-refractivity contribution >= 4 is 5.91 Å². The third-order valence-electron chi connectivity index (χ3n) is 3.78. The number of hydrogen-bond acceptors (Lipinski definition) is 6. The van der Waals surface area contributed by atoms with Gasteiger partial charge in [0.2, 0.25) is 0 Å². The van der Waals surface area contributed by atoms with Crippen LogP contribution in [-0.4, -0.2) is 40.8 Å². The molecule has 21 heavy (non-hydrogen) atoms. The molecule has 0 spiro atoms. The van der Waals surface area contributed by atoms with Crippen LogP contribution in [0.15, 0.2) is 27.4 Å². The van der Waals surface area contributed by atoms with Gasteiger partial charge in [0.1, 0.15) is 11.5 Å². The van der Waals surface area contributed by atoms with Crippen molar-refractivity contribution in [2.75, 3.05) is 19.6 Å². The van der Waals surface area contributed by atoms with Gasteiger partial charge in [-0.05, 0) is 50.1 Å². The van der Waals surface area contributed by atoms with Crippen molar-refractivity contribution in [3.63, 3.8) is 0 Å². The molecule has 0 aromatic carbocycles. The molecule has 1 aliphatic heterocycles. The van der Waals surface area contributed by atoms with Gasteiger partial charge in [0, 0.05) is 6.54 Å². The summed E-state index contributed by atoms with van der Waals surface area (Å²) in [4.78, 5) is 14.4. The minimum absolute atomic E-state index is 0.0478. The third kappa shape index (κ3) is 2.97. The fourth-order valence-electron chi connectivity index (χ4n) is 2.65. The topological polar surface area (TPSA) is 84.4 Å². The maximum atomic E-state index is 12.1. The van der Waals surface area contributed by atoms with Gasteiger partial charge in [-0.2, -0.15) is 0 Å². The van der Waals surface area contributed by atoms with Crippen LogP contribution < -0.4 is 5.32 Å². The Morgan fingerprint density at radius 2 is 2.24 bits per heavy atom. The summed E-state index contributed by atoms with van der Waals surface area (Å²) >= 11 is 0. The molecular weight excluding hydrogens is 272 g/mol. The number of furan rings is 1. The highest BCUT2D eigenvalue weighted by atomic mass is 16.6. The van der Waals surface area contributed by atoms with E-state index in [0.29, 0.717) is 12.2 Å². The standard InChI is InChI=1S/C14H18N4O3/c1-10-13(17-21-16-10)14(19)15-9-11(12-5-4-8-20-12)18-6-2-3-7-18/h4-5,8,11H,2-3,6-7,9H2,1H3,(H,15,19)/t11-/m0/s1. The van der Waals surface area contributed by atoms with Crippen LogP contribution >= 0.6 is 0 Å². The van der Waals surface area contributed by atoms with Crippen molar-refractivity contribution in [2.24, 2.45) is 0 Å². The van der Waals surface area contributed by atoms with Gasteiger partial charge >= 0.3 is 0 Å². The average Bonchev–Trinajstić information content (AvgIpc) is 3.21. The number of likely N-dealkylation sites (tertiary alicyclic amines) is 1. The molecule has 3 rings (SSSR count).